The number of hydrogen-bond acceptors (Lipinski definition) is 4. The quantitative estimate of drug-likeness (QED) is 0.853. The van der Waals surface area contributed by atoms with E-state index >= 15 is 0 Å². The van der Waals surface area contributed by atoms with Gasteiger partial charge in [0, 0.05) is 42.7 Å². The lowest BCUT2D eigenvalue weighted by Crippen LogP contribution is -2.40. The second-order valence-electron chi connectivity index (χ2n) is 6.89. The molecule has 2 aromatic heterocycles. The highest BCUT2D eigenvalue weighted by atomic mass is 32.1. The first-order valence-corrected chi connectivity index (χ1v) is 9.77. The maximum Gasteiger partial charge on any atom is 0.226 e. The molecular formula is C19H23N3OS. The molecule has 1 aliphatic heterocycles. The number of amides is 1. The summed E-state index contributed by atoms with van der Waals surface area (Å²) in [6.45, 7) is 3.88. The van der Waals surface area contributed by atoms with E-state index in [0.717, 1.165) is 38.8 Å². The van der Waals surface area contributed by atoms with E-state index in [1.807, 2.05) is 12.3 Å². The van der Waals surface area contributed by atoms with Gasteiger partial charge < -0.3 is 4.90 Å². The number of nitrogens with zero attached hydrogens (tertiary/aromatic N) is 3. The van der Waals surface area contributed by atoms with Crippen molar-refractivity contribution in [2.45, 2.75) is 44.4 Å². The van der Waals surface area contributed by atoms with Crippen LogP contribution in [0.3, 0.4) is 0 Å². The number of carbonyl (C=O) groups is 1. The van der Waals surface area contributed by atoms with Crippen molar-refractivity contribution in [2.24, 2.45) is 5.92 Å². The van der Waals surface area contributed by atoms with Crippen molar-refractivity contribution in [3.05, 3.63) is 46.2 Å². The smallest absolute Gasteiger partial charge is 0.226 e. The molecule has 1 saturated carbocycles. The molecule has 0 unspecified atom stereocenters. The first-order valence-electron chi connectivity index (χ1n) is 8.89. The van der Waals surface area contributed by atoms with E-state index in [2.05, 4.69) is 28.3 Å². The average Bonchev–Trinajstić information content (AvgIpc) is 3.30. The lowest BCUT2D eigenvalue weighted by molar-refractivity contribution is -0.133. The summed E-state index contributed by atoms with van der Waals surface area (Å²) in [6, 6.07) is 4.05. The van der Waals surface area contributed by atoms with Gasteiger partial charge in [0.1, 0.15) is 0 Å². The summed E-state index contributed by atoms with van der Waals surface area (Å²) in [4.78, 5) is 23.9. The molecule has 2 fully saturated rings. The molecule has 1 amide bonds. The number of pyridine rings is 1. The van der Waals surface area contributed by atoms with Gasteiger partial charge in [-0.2, -0.15) is 0 Å². The number of aryl methyl sites for hydroxylation is 1. The standard InChI is InChI=1S/C19H23N3OS/c1-2-15-12-24-18(21-15)14-6-4-8-22(11-14)19(23)17-9-16(17)13-5-3-7-20-10-13/h3,5,7,10,12,14,16-17H,2,4,6,8-9,11H2,1H3/t14-,16-,17+/m1/s1. The molecule has 1 saturated heterocycles. The minimum Gasteiger partial charge on any atom is -0.342 e. The molecule has 5 heteroatoms. The number of piperidine rings is 1. The largest absolute Gasteiger partial charge is 0.342 e. The van der Waals surface area contributed by atoms with E-state index in [0.29, 0.717) is 17.7 Å². The summed E-state index contributed by atoms with van der Waals surface area (Å²) in [6.07, 6.45) is 7.89. The highest BCUT2D eigenvalue weighted by Crippen LogP contribution is 2.48. The number of thiazole rings is 1. The number of rotatable bonds is 4. The average molecular weight is 341 g/mol. The van der Waals surface area contributed by atoms with Gasteiger partial charge in [0.15, 0.2) is 0 Å². The van der Waals surface area contributed by atoms with Crippen molar-refractivity contribution >= 4 is 17.2 Å². The van der Waals surface area contributed by atoms with Crippen molar-refractivity contribution in [2.75, 3.05) is 13.1 Å². The van der Waals surface area contributed by atoms with Crippen LogP contribution < -0.4 is 0 Å². The molecule has 3 heterocycles. The van der Waals surface area contributed by atoms with Crippen LogP contribution in [0.25, 0.3) is 0 Å². The predicted molar refractivity (Wildman–Crippen MR) is 95.1 cm³/mol. The van der Waals surface area contributed by atoms with Gasteiger partial charge in [0.25, 0.3) is 0 Å². The molecule has 126 valence electrons. The Morgan fingerprint density at radius 3 is 3.12 bits per heavy atom. The van der Waals surface area contributed by atoms with Crippen molar-refractivity contribution in [1.29, 1.82) is 0 Å². The molecule has 4 nitrogen and oxygen atoms in total. The molecule has 24 heavy (non-hydrogen) atoms. The summed E-state index contributed by atoms with van der Waals surface area (Å²) in [7, 11) is 0. The van der Waals surface area contributed by atoms with E-state index in [4.69, 9.17) is 4.98 Å². The van der Waals surface area contributed by atoms with Gasteiger partial charge in [-0.05, 0) is 43.2 Å². The fourth-order valence-corrected chi connectivity index (χ4v) is 4.75. The first kappa shape index (κ1) is 15.8. The lowest BCUT2D eigenvalue weighted by atomic mass is 9.98. The van der Waals surface area contributed by atoms with Gasteiger partial charge in [-0.25, -0.2) is 4.98 Å². The minimum atomic E-state index is 0.162. The van der Waals surface area contributed by atoms with Crippen molar-refractivity contribution in [3.8, 4) is 0 Å². The van der Waals surface area contributed by atoms with Gasteiger partial charge in [-0.1, -0.05) is 13.0 Å². The van der Waals surface area contributed by atoms with Gasteiger partial charge in [0.05, 0.1) is 10.7 Å². The lowest BCUT2D eigenvalue weighted by Gasteiger charge is -2.32. The van der Waals surface area contributed by atoms with Crippen LogP contribution in [-0.2, 0) is 11.2 Å². The second kappa shape index (κ2) is 6.63. The number of aromatic nitrogens is 2. The molecule has 0 aromatic carbocycles. The molecule has 2 aliphatic rings. The Hall–Kier alpha value is -1.75. The van der Waals surface area contributed by atoms with Gasteiger partial charge in [0.2, 0.25) is 5.91 Å². The monoisotopic (exact) mass is 341 g/mol. The molecule has 2 aromatic rings. The summed E-state index contributed by atoms with van der Waals surface area (Å²) in [5.41, 5.74) is 2.38. The minimum absolute atomic E-state index is 0.162. The van der Waals surface area contributed by atoms with E-state index in [-0.39, 0.29) is 5.92 Å². The van der Waals surface area contributed by atoms with Crippen LogP contribution in [0, 0.1) is 5.92 Å². The van der Waals surface area contributed by atoms with Crippen LogP contribution in [0.5, 0.6) is 0 Å². The van der Waals surface area contributed by atoms with Crippen LogP contribution in [0.1, 0.15) is 54.3 Å². The molecule has 1 aliphatic carbocycles. The molecule has 0 radical (unpaired) electrons. The third-order valence-electron chi connectivity index (χ3n) is 5.23. The highest BCUT2D eigenvalue weighted by molar-refractivity contribution is 7.09. The molecule has 4 rings (SSSR count). The summed E-state index contributed by atoms with van der Waals surface area (Å²) in [5, 5.41) is 3.37. The Balaban J connectivity index is 1.40. The fourth-order valence-electron chi connectivity index (χ4n) is 3.72. The van der Waals surface area contributed by atoms with Gasteiger partial charge in [-0.3, -0.25) is 9.78 Å². The number of likely N-dealkylation sites (tertiary alicyclic amines) is 1. The van der Waals surface area contributed by atoms with Crippen molar-refractivity contribution in [3.63, 3.8) is 0 Å². The molecule has 0 spiro atoms. The molecule has 0 N–H and O–H groups in total. The van der Waals surface area contributed by atoms with E-state index in [1.165, 1.54) is 16.3 Å². The molecular weight excluding hydrogens is 318 g/mol. The maximum absolute atomic E-state index is 12.9. The zero-order valence-electron chi connectivity index (χ0n) is 14.0. The Labute approximate surface area is 146 Å². The van der Waals surface area contributed by atoms with E-state index in [9.17, 15) is 4.79 Å². The third-order valence-corrected chi connectivity index (χ3v) is 6.29. The van der Waals surface area contributed by atoms with E-state index < -0.39 is 0 Å². The molecule has 0 bridgehead atoms. The summed E-state index contributed by atoms with van der Waals surface area (Å²) >= 11 is 1.76. The SMILES string of the molecule is CCc1csc([C@@H]2CCCN(C(=O)[C@H]3C[C@@H]3c3cccnc3)C2)n1. The molecule has 3 atom stereocenters. The predicted octanol–water partition coefficient (Wildman–Crippen LogP) is 3.61. The van der Waals surface area contributed by atoms with Crippen LogP contribution in [0.15, 0.2) is 29.9 Å². The Morgan fingerprint density at radius 2 is 2.38 bits per heavy atom. The van der Waals surface area contributed by atoms with Gasteiger partial charge in [-0.15, -0.1) is 11.3 Å². The zero-order chi connectivity index (χ0) is 16.5. The first-order chi connectivity index (χ1) is 11.8. The maximum atomic E-state index is 12.9. The highest BCUT2D eigenvalue weighted by Gasteiger charge is 2.46. The summed E-state index contributed by atoms with van der Waals surface area (Å²) in [5.74, 6) is 1.29. The third kappa shape index (κ3) is 3.09. The Morgan fingerprint density at radius 1 is 1.46 bits per heavy atom. The second-order valence-corrected chi connectivity index (χ2v) is 7.78. The fraction of sp³-hybridized carbons (Fsp3) is 0.526. The van der Waals surface area contributed by atoms with Crippen molar-refractivity contribution in [1.82, 2.24) is 14.9 Å². The van der Waals surface area contributed by atoms with Crippen LogP contribution >= 0.6 is 11.3 Å². The number of carbonyl (C=O) groups excluding carboxylic acids is 1. The zero-order valence-corrected chi connectivity index (χ0v) is 14.8. The van der Waals surface area contributed by atoms with Crippen LogP contribution in [0.4, 0.5) is 0 Å². The normalized spacial score (nSPS) is 26.4. The van der Waals surface area contributed by atoms with Crippen LogP contribution in [0.2, 0.25) is 0 Å². The van der Waals surface area contributed by atoms with Gasteiger partial charge >= 0.3 is 0 Å². The number of hydrogen-bond donors (Lipinski definition) is 0. The Kier molecular flexibility index (Phi) is 4.35. The van der Waals surface area contributed by atoms with Crippen molar-refractivity contribution < 1.29 is 4.79 Å². The topological polar surface area (TPSA) is 46.1 Å². The summed E-state index contributed by atoms with van der Waals surface area (Å²) < 4.78 is 0. The van der Waals surface area contributed by atoms with Crippen LogP contribution in [-0.4, -0.2) is 33.9 Å². The van der Waals surface area contributed by atoms with E-state index in [1.54, 1.807) is 17.5 Å². The Bertz CT molecular complexity index is 714.